The largest absolute Gasteiger partial charge is 0.497 e. The van der Waals surface area contributed by atoms with E-state index < -0.39 is 0 Å². The lowest BCUT2D eigenvalue weighted by Crippen LogP contribution is -1.98. The molecule has 0 aliphatic heterocycles. The quantitative estimate of drug-likeness (QED) is 0.668. The Morgan fingerprint density at radius 2 is 2.18 bits per heavy atom. The highest BCUT2D eigenvalue weighted by atomic mass is 16.5. The van der Waals surface area contributed by atoms with Crippen LogP contribution >= 0.6 is 0 Å². The number of methoxy groups -OCH3 is 1. The lowest BCUT2D eigenvalue weighted by molar-refractivity contribution is 0.415. The number of ether oxygens (including phenoxy) is 1. The van der Waals surface area contributed by atoms with Gasteiger partial charge in [0.1, 0.15) is 18.4 Å². The highest BCUT2D eigenvalue weighted by Gasteiger charge is 2.06. The molecule has 1 aromatic carbocycles. The van der Waals surface area contributed by atoms with Crippen molar-refractivity contribution in [2.45, 2.75) is 0 Å². The smallest absolute Gasteiger partial charge is 0.163 e. The summed E-state index contributed by atoms with van der Waals surface area (Å²) < 4.78 is 6.86. The molecule has 3 aromatic rings. The first-order chi connectivity index (χ1) is 8.38. The van der Waals surface area contributed by atoms with Crippen molar-refractivity contribution in [3.8, 4) is 11.6 Å². The van der Waals surface area contributed by atoms with Crippen LogP contribution in [0.3, 0.4) is 0 Å². The Balaban J connectivity index is 2.30. The molecule has 0 saturated carbocycles. The molecule has 0 aliphatic rings. The molecule has 0 fully saturated rings. The van der Waals surface area contributed by atoms with Gasteiger partial charge in [-0.1, -0.05) is 6.07 Å². The van der Waals surface area contributed by atoms with Crippen molar-refractivity contribution in [1.29, 1.82) is 0 Å². The van der Waals surface area contributed by atoms with Crippen LogP contribution in [0.5, 0.6) is 5.75 Å². The summed E-state index contributed by atoms with van der Waals surface area (Å²) in [6.45, 7) is 0. The van der Waals surface area contributed by atoms with Crippen LogP contribution < -0.4 is 4.74 Å². The molecule has 5 nitrogen and oxygen atoms in total. The summed E-state index contributed by atoms with van der Waals surface area (Å²) >= 11 is 0. The lowest BCUT2D eigenvalue weighted by atomic mass is 10.1. The second-order valence-corrected chi connectivity index (χ2v) is 3.56. The molecular formula is C12H10N4O. The standard InChI is InChI=1S/C12H10N4O/c1-17-10-3-2-9-4-5-14-12(11(9)6-10)16-8-13-7-15-16/h2-8H,1H3. The first kappa shape index (κ1) is 9.77. The first-order valence-corrected chi connectivity index (χ1v) is 5.16. The van der Waals surface area contributed by atoms with Crippen LogP contribution in [0, 0.1) is 0 Å². The molecule has 0 aliphatic carbocycles. The predicted molar refractivity (Wildman–Crippen MR) is 63.2 cm³/mol. The topological polar surface area (TPSA) is 52.8 Å². The van der Waals surface area contributed by atoms with Crippen LogP contribution in [0.25, 0.3) is 16.6 Å². The molecule has 0 saturated heterocycles. The summed E-state index contributed by atoms with van der Waals surface area (Å²) in [5, 5.41) is 6.17. The maximum Gasteiger partial charge on any atom is 0.163 e. The summed E-state index contributed by atoms with van der Waals surface area (Å²) in [4.78, 5) is 8.26. The van der Waals surface area contributed by atoms with Gasteiger partial charge in [0, 0.05) is 11.6 Å². The van der Waals surface area contributed by atoms with Gasteiger partial charge in [-0.05, 0) is 23.6 Å². The van der Waals surface area contributed by atoms with Crippen molar-refractivity contribution in [2.24, 2.45) is 0 Å². The molecule has 2 aromatic heterocycles. The van der Waals surface area contributed by atoms with E-state index in [1.165, 1.54) is 6.33 Å². The van der Waals surface area contributed by atoms with E-state index in [4.69, 9.17) is 4.74 Å². The van der Waals surface area contributed by atoms with Crippen LogP contribution in [-0.4, -0.2) is 26.9 Å². The second-order valence-electron chi connectivity index (χ2n) is 3.56. The summed E-state index contributed by atoms with van der Waals surface area (Å²) in [5.74, 6) is 1.55. The first-order valence-electron chi connectivity index (χ1n) is 5.16. The van der Waals surface area contributed by atoms with Gasteiger partial charge in [-0.2, -0.15) is 5.10 Å². The Bertz CT molecular complexity index is 649. The van der Waals surface area contributed by atoms with Gasteiger partial charge in [0.05, 0.1) is 7.11 Å². The fourth-order valence-corrected chi connectivity index (χ4v) is 1.76. The fourth-order valence-electron chi connectivity index (χ4n) is 1.76. The van der Waals surface area contributed by atoms with Gasteiger partial charge in [-0.3, -0.25) is 0 Å². The Morgan fingerprint density at radius 1 is 1.24 bits per heavy atom. The summed E-state index contributed by atoms with van der Waals surface area (Å²) in [6.07, 6.45) is 4.87. The highest BCUT2D eigenvalue weighted by Crippen LogP contribution is 2.24. The second kappa shape index (κ2) is 3.86. The van der Waals surface area contributed by atoms with E-state index in [9.17, 15) is 0 Å². The molecule has 0 atom stereocenters. The van der Waals surface area contributed by atoms with Crippen molar-refractivity contribution >= 4 is 10.8 Å². The zero-order valence-corrected chi connectivity index (χ0v) is 9.24. The molecule has 0 radical (unpaired) electrons. The number of fused-ring (bicyclic) bond motifs is 1. The summed E-state index contributed by atoms with van der Waals surface area (Å²) in [5.41, 5.74) is 0. The molecule has 5 heteroatoms. The molecular weight excluding hydrogens is 216 g/mol. The minimum atomic E-state index is 0.749. The van der Waals surface area contributed by atoms with Crippen LogP contribution in [-0.2, 0) is 0 Å². The maximum absolute atomic E-state index is 5.22. The van der Waals surface area contributed by atoms with Crippen LogP contribution in [0.4, 0.5) is 0 Å². The van der Waals surface area contributed by atoms with Crippen molar-refractivity contribution < 1.29 is 4.74 Å². The predicted octanol–water partition coefficient (Wildman–Crippen LogP) is 1.82. The third-order valence-electron chi connectivity index (χ3n) is 2.59. The number of nitrogens with zero attached hydrogens (tertiary/aromatic N) is 4. The van der Waals surface area contributed by atoms with Crippen molar-refractivity contribution in [1.82, 2.24) is 19.7 Å². The number of hydrogen-bond donors (Lipinski definition) is 0. The lowest BCUT2D eigenvalue weighted by Gasteiger charge is -2.06. The van der Waals surface area contributed by atoms with Gasteiger partial charge >= 0.3 is 0 Å². The molecule has 84 valence electrons. The van der Waals surface area contributed by atoms with E-state index in [-0.39, 0.29) is 0 Å². The molecule has 3 rings (SSSR count). The van der Waals surface area contributed by atoms with E-state index in [0.717, 1.165) is 22.3 Å². The van der Waals surface area contributed by atoms with Crippen molar-refractivity contribution in [3.05, 3.63) is 43.1 Å². The molecule has 0 unspecified atom stereocenters. The van der Waals surface area contributed by atoms with Crippen LogP contribution in [0.15, 0.2) is 43.1 Å². The molecule has 0 N–H and O–H groups in total. The monoisotopic (exact) mass is 226 g/mol. The molecule has 17 heavy (non-hydrogen) atoms. The highest BCUT2D eigenvalue weighted by molar-refractivity contribution is 5.89. The molecule has 0 spiro atoms. The van der Waals surface area contributed by atoms with Crippen LogP contribution in [0.1, 0.15) is 0 Å². The van der Waals surface area contributed by atoms with Gasteiger partial charge in [0.15, 0.2) is 5.82 Å². The Labute approximate surface area is 97.7 Å². The zero-order valence-electron chi connectivity index (χ0n) is 9.24. The van der Waals surface area contributed by atoms with E-state index in [1.54, 1.807) is 24.3 Å². The number of rotatable bonds is 2. The van der Waals surface area contributed by atoms with E-state index in [2.05, 4.69) is 15.1 Å². The minimum Gasteiger partial charge on any atom is -0.497 e. The molecule has 0 bridgehead atoms. The SMILES string of the molecule is COc1ccc2ccnc(-n3cncn3)c2c1. The van der Waals surface area contributed by atoms with Gasteiger partial charge in [0.2, 0.25) is 0 Å². The molecule has 0 amide bonds. The van der Waals surface area contributed by atoms with Gasteiger partial charge in [0.25, 0.3) is 0 Å². The molecule has 2 heterocycles. The van der Waals surface area contributed by atoms with E-state index in [1.807, 2.05) is 24.3 Å². The average molecular weight is 226 g/mol. The van der Waals surface area contributed by atoms with Crippen molar-refractivity contribution in [3.63, 3.8) is 0 Å². The number of pyridine rings is 1. The third kappa shape index (κ3) is 1.61. The third-order valence-corrected chi connectivity index (χ3v) is 2.59. The summed E-state index contributed by atoms with van der Waals surface area (Å²) in [7, 11) is 1.65. The van der Waals surface area contributed by atoms with Crippen LogP contribution in [0.2, 0.25) is 0 Å². The van der Waals surface area contributed by atoms with E-state index >= 15 is 0 Å². The summed E-state index contributed by atoms with van der Waals surface area (Å²) in [6, 6.07) is 7.82. The number of aromatic nitrogens is 4. The zero-order chi connectivity index (χ0) is 11.7. The Kier molecular flexibility index (Phi) is 2.22. The normalized spacial score (nSPS) is 10.6. The van der Waals surface area contributed by atoms with Gasteiger partial charge < -0.3 is 4.74 Å². The van der Waals surface area contributed by atoms with Gasteiger partial charge in [-0.25, -0.2) is 14.6 Å². The number of benzene rings is 1. The Morgan fingerprint density at radius 3 is 2.94 bits per heavy atom. The van der Waals surface area contributed by atoms with E-state index in [0.29, 0.717) is 0 Å². The maximum atomic E-state index is 5.22. The fraction of sp³-hybridized carbons (Fsp3) is 0.0833. The van der Waals surface area contributed by atoms with Gasteiger partial charge in [-0.15, -0.1) is 0 Å². The number of hydrogen-bond acceptors (Lipinski definition) is 4. The average Bonchev–Trinajstić information content (AvgIpc) is 2.91. The van der Waals surface area contributed by atoms with Crippen molar-refractivity contribution in [2.75, 3.05) is 7.11 Å². The Hall–Kier alpha value is -2.43. The minimum absolute atomic E-state index is 0.749.